The Bertz CT molecular complexity index is 1420. The molecule has 39 heavy (non-hydrogen) atoms. The number of fused-ring (bicyclic) bond motifs is 3. The van der Waals surface area contributed by atoms with E-state index in [1.165, 1.54) is 35.4 Å². The Kier molecular flexibility index (Phi) is 8.58. The molecule has 8 heteroatoms. The molecule has 0 saturated heterocycles. The molecule has 0 saturated carbocycles. The van der Waals surface area contributed by atoms with Gasteiger partial charge in [0.15, 0.2) is 0 Å². The molecule has 8 nitrogen and oxygen atoms in total. The molecule has 0 spiro atoms. The number of carbonyl (C=O) groups is 3. The van der Waals surface area contributed by atoms with Crippen LogP contribution in [0.25, 0.3) is 11.1 Å². The van der Waals surface area contributed by atoms with E-state index < -0.39 is 12.1 Å². The fourth-order valence-corrected chi connectivity index (χ4v) is 4.35. The number of rotatable bonds is 6. The second-order valence-electron chi connectivity index (χ2n) is 8.81. The van der Waals surface area contributed by atoms with E-state index in [4.69, 9.17) is 15.6 Å². The number of carboxylic acids is 1. The third-order valence-electron chi connectivity index (χ3n) is 6.23. The van der Waals surface area contributed by atoms with Crippen LogP contribution in [-0.4, -0.2) is 36.2 Å². The molecule has 2 amide bonds. The van der Waals surface area contributed by atoms with Crippen LogP contribution in [0.15, 0.2) is 97.1 Å². The summed E-state index contributed by atoms with van der Waals surface area (Å²) in [5.41, 5.74) is 12.1. The Morgan fingerprint density at radius 1 is 0.795 bits per heavy atom. The molecule has 0 heterocycles. The van der Waals surface area contributed by atoms with Gasteiger partial charge in [0.05, 0.1) is 5.56 Å². The van der Waals surface area contributed by atoms with Gasteiger partial charge in [-0.1, -0.05) is 48.5 Å². The van der Waals surface area contributed by atoms with Crippen LogP contribution in [0.5, 0.6) is 0 Å². The Balaban J connectivity index is 0.000000247. The van der Waals surface area contributed by atoms with Crippen molar-refractivity contribution in [2.45, 2.75) is 12.8 Å². The van der Waals surface area contributed by atoms with E-state index in [1.54, 1.807) is 24.3 Å². The number of carbonyl (C=O) groups excluding carboxylic acids is 2. The first-order valence-corrected chi connectivity index (χ1v) is 12.5. The summed E-state index contributed by atoms with van der Waals surface area (Å²) in [6, 6.07) is 29.0. The van der Waals surface area contributed by atoms with Crippen LogP contribution in [0, 0.1) is 0 Å². The van der Waals surface area contributed by atoms with Gasteiger partial charge in [-0.2, -0.15) is 0 Å². The van der Waals surface area contributed by atoms with Crippen molar-refractivity contribution in [3.05, 3.63) is 119 Å². The Labute approximate surface area is 226 Å². The summed E-state index contributed by atoms with van der Waals surface area (Å²) in [5, 5.41) is 14.2. The maximum atomic E-state index is 12.2. The van der Waals surface area contributed by atoms with Crippen LogP contribution in [-0.2, 0) is 4.74 Å². The molecule has 4 aromatic rings. The number of aromatic carboxylic acids is 1. The third kappa shape index (κ3) is 6.61. The molecular weight excluding hydrogens is 494 g/mol. The molecule has 5 rings (SSSR count). The quantitative estimate of drug-likeness (QED) is 0.238. The molecule has 0 atom stereocenters. The zero-order chi connectivity index (χ0) is 27.8. The first-order valence-electron chi connectivity index (χ1n) is 12.5. The van der Waals surface area contributed by atoms with Gasteiger partial charge in [0.25, 0.3) is 5.91 Å². The van der Waals surface area contributed by atoms with Crippen LogP contribution in [0.4, 0.5) is 16.2 Å². The van der Waals surface area contributed by atoms with Gasteiger partial charge in [0.1, 0.15) is 6.61 Å². The number of carboxylic acid groups (broad SMARTS) is 1. The standard InChI is InChI=1S/C22H17NO4.C9H12N2O/c24-21(25)14-9-11-15(12-10-14)23-22(26)27-13-20-18-7-3-1-5-16(18)17-6-2-4-8-19(17)20;1-2-11-9(12)7-3-5-8(10)6-4-7/h1-12,20H,13H2,(H,23,26)(H,24,25);3-6H,2,10H2,1H3,(H,11,12). The van der Waals surface area contributed by atoms with Gasteiger partial charge in [0.2, 0.25) is 0 Å². The molecule has 0 aliphatic heterocycles. The average molecular weight is 524 g/mol. The Morgan fingerprint density at radius 2 is 1.33 bits per heavy atom. The Morgan fingerprint density at radius 3 is 1.87 bits per heavy atom. The maximum absolute atomic E-state index is 12.2. The van der Waals surface area contributed by atoms with E-state index in [-0.39, 0.29) is 24.0 Å². The van der Waals surface area contributed by atoms with Crippen molar-refractivity contribution >= 4 is 29.3 Å². The fraction of sp³-hybridized carbons (Fsp3) is 0.129. The summed E-state index contributed by atoms with van der Waals surface area (Å²) >= 11 is 0. The molecule has 0 fully saturated rings. The highest BCUT2D eigenvalue weighted by molar-refractivity contribution is 5.94. The second kappa shape index (κ2) is 12.4. The van der Waals surface area contributed by atoms with E-state index in [0.717, 1.165) is 11.1 Å². The number of amides is 2. The van der Waals surface area contributed by atoms with Crippen LogP contribution in [0.2, 0.25) is 0 Å². The smallest absolute Gasteiger partial charge is 0.411 e. The predicted molar refractivity (Wildman–Crippen MR) is 151 cm³/mol. The van der Waals surface area contributed by atoms with Gasteiger partial charge in [-0.15, -0.1) is 0 Å². The maximum Gasteiger partial charge on any atom is 0.411 e. The summed E-state index contributed by atoms with van der Waals surface area (Å²) in [5.74, 6) is -1.07. The van der Waals surface area contributed by atoms with Gasteiger partial charge >= 0.3 is 12.1 Å². The van der Waals surface area contributed by atoms with Crippen molar-refractivity contribution in [1.29, 1.82) is 0 Å². The lowest BCUT2D eigenvalue weighted by Gasteiger charge is -2.14. The molecule has 4 aromatic carbocycles. The minimum Gasteiger partial charge on any atom is -0.478 e. The zero-order valence-corrected chi connectivity index (χ0v) is 21.4. The number of nitrogens with one attached hydrogen (secondary N) is 2. The summed E-state index contributed by atoms with van der Waals surface area (Å²) in [4.78, 5) is 34.2. The van der Waals surface area contributed by atoms with Crippen molar-refractivity contribution in [1.82, 2.24) is 5.32 Å². The number of hydrogen-bond acceptors (Lipinski definition) is 5. The summed E-state index contributed by atoms with van der Waals surface area (Å²) < 4.78 is 5.45. The molecular formula is C31H29N3O5. The normalized spacial score (nSPS) is 11.3. The fourth-order valence-electron chi connectivity index (χ4n) is 4.35. The van der Waals surface area contributed by atoms with E-state index >= 15 is 0 Å². The minimum absolute atomic E-state index is 0.00228. The highest BCUT2D eigenvalue weighted by Gasteiger charge is 2.29. The van der Waals surface area contributed by atoms with Gasteiger partial charge in [0, 0.05) is 29.4 Å². The number of hydrogen-bond donors (Lipinski definition) is 4. The number of anilines is 2. The molecule has 198 valence electrons. The van der Waals surface area contributed by atoms with Crippen molar-refractivity contribution in [3.8, 4) is 11.1 Å². The molecule has 1 aliphatic rings. The van der Waals surface area contributed by atoms with Crippen molar-refractivity contribution < 1.29 is 24.2 Å². The second-order valence-corrected chi connectivity index (χ2v) is 8.81. The first kappa shape index (κ1) is 26.9. The van der Waals surface area contributed by atoms with Crippen molar-refractivity contribution in [3.63, 3.8) is 0 Å². The SMILES string of the molecule is CCNC(=O)c1ccc(N)cc1.O=C(Nc1ccc(C(=O)O)cc1)OCC1c2ccccc2-c2ccccc21. The number of nitrogens with two attached hydrogens (primary N) is 1. The molecule has 5 N–H and O–H groups in total. The zero-order valence-electron chi connectivity index (χ0n) is 21.4. The van der Waals surface area contributed by atoms with Gasteiger partial charge in [-0.25, -0.2) is 9.59 Å². The average Bonchev–Trinajstić information content (AvgIpc) is 3.27. The van der Waals surface area contributed by atoms with Crippen LogP contribution < -0.4 is 16.4 Å². The van der Waals surface area contributed by atoms with Gasteiger partial charge < -0.3 is 20.9 Å². The minimum atomic E-state index is -1.01. The lowest BCUT2D eigenvalue weighted by atomic mass is 9.98. The van der Waals surface area contributed by atoms with Crippen LogP contribution >= 0.6 is 0 Å². The van der Waals surface area contributed by atoms with Gasteiger partial charge in [-0.3, -0.25) is 10.1 Å². The van der Waals surface area contributed by atoms with Crippen molar-refractivity contribution in [2.75, 3.05) is 24.2 Å². The summed E-state index contributed by atoms with van der Waals surface area (Å²) in [6.45, 7) is 2.76. The molecule has 0 radical (unpaired) electrons. The lowest BCUT2D eigenvalue weighted by molar-refractivity contribution is 0.0696. The van der Waals surface area contributed by atoms with E-state index in [9.17, 15) is 14.4 Å². The van der Waals surface area contributed by atoms with E-state index in [1.807, 2.05) is 31.2 Å². The summed E-state index contributed by atoms with van der Waals surface area (Å²) in [6.07, 6.45) is -0.570. The van der Waals surface area contributed by atoms with Crippen LogP contribution in [0.1, 0.15) is 44.7 Å². The molecule has 1 aliphatic carbocycles. The molecule has 0 bridgehead atoms. The largest absolute Gasteiger partial charge is 0.478 e. The highest BCUT2D eigenvalue weighted by atomic mass is 16.5. The topological polar surface area (TPSA) is 131 Å². The monoisotopic (exact) mass is 523 g/mol. The Hall–Kier alpha value is -5.11. The third-order valence-corrected chi connectivity index (χ3v) is 6.23. The molecule has 0 unspecified atom stereocenters. The van der Waals surface area contributed by atoms with E-state index in [0.29, 0.717) is 23.5 Å². The van der Waals surface area contributed by atoms with E-state index in [2.05, 4.69) is 34.9 Å². The first-order chi connectivity index (χ1) is 18.9. The van der Waals surface area contributed by atoms with Crippen LogP contribution in [0.3, 0.4) is 0 Å². The summed E-state index contributed by atoms with van der Waals surface area (Å²) in [7, 11) is 0. The van der Waals surface area contributed by atoms with Crippen molar-refractivity contribution in [2.24, 2.45) is 0 Å². The predicted octanol–water partition coefficient (Wildman–Crippen LogP) is 5.76. The lowest BCUT2D eigenvalue weighted by Crippen LogP contribution is -2.22. The number of benzene rings is 4. The number of nitrogen functional groups attached to an aromatic ring is 1. The van der Waals surface area contributed by atoms with Gasteiger partial charge in [-0.05, 0) is 77.7 Å². The highest BCUT2D eigenvalue weighted by Crippen LogP contribution is 2.44. The number of ether oxygens (including phenoxy) is 1. The molecule has 0 aromatic heterocycles.